The molecule has 0 fully saturated rings. The van der Waals surface area contributed by atoms with Gasteiger partial charge in [-0.05, 0) is 48.9 Å². The van der Waals surface area contributed by atoms with Crippen molar-refractivity contribution in [3.63, 3.8) is 0 Å². The Hall–Kier alpha value is -1.61. The number of hydrogen-bond donors (Lipinski definition) is 1. The Kier molecular flexibility index (Phi) is 4.72. The van der Waals surface area contributed by atoms with Crippen molar-refractivity contribution in [3.8, 4) is 0 Å². The van der Waals surface area contributed by atoms with Gasteiger partial charge in [0.2, 0.25) is 0 Å². The van der Waals surface area contributed by atoms with Crippen molar-refractivity contribution in [1.29, 1.82) is 0 Å². The number of rotatable bonds is 3. The van der Waals surface area contributed by atoms with Gasteiger partial charge < -0.3 is 0 Å². The zero-order valence-electron chi connectivity index (χ0n) is 11.6. The molecule has 0 aliphatic rings. The average Bonchev–Trinajstić information content (AvgIpc) is 2.34. The summed E-state index contributed by atoms with van der Waals surface area (Å²) < 4.78 is 78.1. The molecule has 0 bridgehead atoms. The second kappa shape index (κ2) is 6.12. The molecule has 0 amide bonds. The molecule has 0 heterocycles. The normalized spacial score (nSPS) is 12.3. The highest BCUT2D eigenvalue weighted by Gasteiger charge is 2.32. The Morgan fingerprint density at radius 3 is 2.26 bits per heavy atom. The molecule has 0 radical (unpaired) electrons. The summed E-state index contributed by atoms with van der Waals surface area (Å²) in [4.78, 5) is -0.582. The Bertz CT molecular complexity index is 830. The largest absolute Gasteiger partial charge is 0.416 e. The van der Waals surface area contributed by atoms with Crippen LogP contribution in [0.2, 0.25) is 0 Å². The maximum absolute atomic E-state index is 13.3. The maximum Gasteiger partial charge on any atom is 0.416 e. The van der Waals surface area contributed by atoms with Crippen molar-refractivity contribution in [3.05, 3.63) is 57.8 Å². The molecule has 0 saturated carbocycles. The summed E-state index contributed by atoms with van der Waals surface area (Å²) in [5.74, 6) is -0.659. The van der Waals surface area contributed by atoms with Gasteiger partial charge >= 0.3 is 6.18 Å². The Balaban J connectivity index is 2.45. The lowest BCUT2D eigenvalue weighted by molar-refractivity contribution is -0.137. The zero-order chi connectivity index (χ0) is 17.4. The fourth-order valence-corrected chi connectivity index (χ4v) is 3.65. The molecule has 2 rings (SSSR count). The van der Waals surface area contributed by atoms with Crippen LogP contribution in [0.5, 0.6) is 0 Å². The minimum atomic E-state index is -4.69. The summed E-state index contributed by atoms with van der Waals surface area (Å²) in [5.41, 5.74) is -0.716. The zero-order valence-corrected chi connectivity index (χ0v) is 14.0. The van der Waals surface area contributed by atoms with Crippen molar-refractivity contribution < 1.29 is 26.0 Å². The number of sulfonamides is 1. The lowest BCUT2D eigenvalue weighted by Crippen LogP contribution is -2.15. The fourth-order valence-electron chi connectivity index (χ4n) is 1.89. The highest BCUT2D eigenvalue weighted by atomic mass is 79.9. The number of hydrogen-bond acceptors (Lipinski definition) is 2. The third kappa shape index (κ3) is 4.44. The van der Waals surface area contributed by atoms with Gasteiger partial charge in [0, 0.05) is 4.47 Å². The lowest BCUT2D eigenvalue weighted by Gasteiger charge is -2.12. The van der Waals surface area contributed by atoms with Crippen molar-refractivity contribution in [2.75, 3.05) is 4.72 Å². The first-order valence-electron chi connectivity index (χ1n) is 6.15. The molecule has 1 N–H and O–H groups in total. The Morgan fingerprint density at radius 1 is 1.04 bits per heavy atom. The number of alkyl halides is 3. The van der Waals surface area contributed by atoms with E-state index in [1.807, 2.05) is 0 Å². The summed E-state index contributed by atoms with van der Waals surface area (Å²) in [5, 5.41) is 0. The summed E-state index contributed by atoms with van der Waals surface area (Å²) in [6.45, 7) is 1.56. The van der Waals surface area contributed by atoms with Gasteiger partial charge in [-0.25, -0.2) is 12.8 Å². The highest BCUT2D eigenvalue weighted by Crippen LogP contribution is 2.33. The van der Waals surface area contributed by atoms with Crippen LogP contribution < -0.4 is 4.72 Å². The van der Waals surface area contributed by atoms with E-state index in [1.165, 1.54) is 12.1 Å². The van der Waals surface area contributed by atoms with Crippen LogP contribution in [0.1, 0.15) is 11.1 Å². The molecule has 0 unspecified atom stereocenters. The number of halogens is 5. The van der Waals surface area contributed by atoms with Gasteiger partial charge in [-0.2, -0.15) is 13.2 Å². The molecule has 0 spiro atoms. The molecule has 9 heteroatoms. The van der Waals surface area contributed by atoms with Crippen LogP contribution in [0.25, 0.3) is 0 Å². The van der Waals surface area contributed by atoms with Gasteiger partial charge in [0.15, 0.2) is 0 Å². The van der Waals surface area contributed by atoms with E-state index in [4.69, 9.17) is 0 Å². The van der Waals surface area contributed by atoms with Crippen LogP contribution in [-0.4, -0.2) is 8.42 Å². The SMILES string of the molecule is Cc1cc(F)cc(NS(=O)(=O)c2cc(Br)cc(C(F)(F)F)c2)c1. The Labute approximate surface area is 138 Å². The minimum absolute atomic E-state index is 0.0388. The predicted octanol–water partition coefficient (Wildman–Crippen LogP) is 4.72. The summed E-state index contributed by atoms with van der Waals surface area (Å²) in [6.07, 6.45) is -4.69. The predicted molar refractivity (Wildman–Crippen MR) is 81.1 cm³/mol. The van der Waals surface area contributed by atoms with Gasteiger partial charge in [0.05, 0.1) is 16.1 Å². The van der Waals surface area contributed by atoms with E-state index < -0.39 is 32.5 Å². The van der Waals surface area contributed by atoms with Crippen LogP contribution in [0.3, 0.4) is 0 Å². The van der Waals surface area contributed by atoms with E-state index in [2.05, 4.69) is 20.7 Å². The standard InChI is InChI=1S/C14H10BrF4NO2S/c1-8-2-11(16)7-12(3-8)20-23(21,22)13-5-9(14(17,18)19)4-10(15)6-13/h2-7,20H,1H3. The average molecular weight is 412 g/mol. The van der Waals surface area contributed by atoms with Crippen LogP contribution in [0, 0.1) is 12.7 Å². The van der Waals surface area contributed by atoms with Crippen molar-refractivity contribution in [1.82, 2.24) is 0 Å². The molecular weight excluding hydrogens is 402 g/mol. The van der Waals surface area contributed by atoms with E-state index in [9.17, 15) is 26.0 Å². The van der Waals surface area contributed by atoms with Gasteiger partial charge in [-0.15, -0.1) is 0 Å². The third-order valence-electron chi connectivity index (χ3n) is 2.80. The fraction of sp³-hybridized carbons (Fsp3) is 0.143. The van der Waals surface area contributed by atoms with Crippen LogP contribution >= 0.6 is 15.9 Å². The van der Waals surface area contributed by atoms with E-state index >= 15 is 0 Å². The molecule has 3 nitrogen and oxygen atoms in total. The smallest absolute Gasteiger partial charge is 0.280 e. The van der Waals surface area contributed by atoms with E-state index in [0.717, 1.165) is 18.2 Å². The second-order valence-corrected chi connectivity index (χ2v) is 7.39. The summed E-state index contributed by atoms with van der Waals surface area (Å²) in [6, 6.07) is 5.81. The monoisotopic (exact) mass is 411 g/mol. The number of benzene rings is 2. The summed E-state index contributed by atoms with van der Waals surface area (Å²) >= 11 is 2.85. The van der Waals surface area contributed by atoms with Gasteiger partial charge in [0.1, 0.15) is 5.82 Å². The molecular formula is C14H10BrF4NO2S. The van der Waals surface area contributed by atoms with Crippen LogP contribution in [0.15, 0.2) is 45.8 Å². The van der Waals surface area contributed by atoms with Crippen LogP contribution in [-0.2, 0) is 16.2 Å². The van der Waals surface area contributed by atoms with Crippen molar-refractivity contribution in [2.24, 2.45) is 0 Å². The molecule has 0 atom stereocenters. The first-order valence-corrected chi connectivity index (χ1v) is 8.43. The molecule has 0 aliphatic carbocycles. The molecule has 2 aromatic rings. The molecule has 23 heavy (non-hydrogen) atoms. The van der Waals surface area contributed by atoms with Gasteiger partial charge in [0.25, 0.3) is 10.0 Å². The van der Waals surface area contributed by atoms with Gasteiger partial charge in [-0.1, -0.05) is 15.9 Å². The van der Waals surface area contributed by atoms with E-state index in [0.29, 0.717) is 11.6 Å². The summed E-state index contributed by atoms with van der Waals surface area (Å²) in [7, 11) is -4.30. The highest BCUT2D eigenvalue weighted by molar-refractivity contribution is 9.10. The minimum Gasteiger partial charge on any atom is -0.280 e. The maximum atomic E-state index is 13.3. The molecule has 0 saturated heterocycles. The first-order chi connectivity index (χ1) is 10.5. The first kappa shape index (κ1) is 17.7. The molecule has 0 aliphatic heterocycles. The topological polar surface area (TPSA) is 46.2 Å². The molecule has 0 aromatic heterocycles. The van der Waals surface area contributed by atoms with E-state index in [1.54, 1.807) is 6.92 Å². The number of anilines is 1. The molecule has 2 aromatic carbocycles. The second-order valence-electron chi connectivity index (χ2n) is 4.80. The van der Waals surface area contributed by atoms with Crippen molar-refractivity contribution >= 4 is 31.6 Å². The number of aryl methyl sites for hydroxylation is 1. The number of nitrogens with one attached hydrogen (secondary N) is 1. The lowest BCUT2D eigenvalue weighted by atomic mass is 10.2. The van der Waals surface area contributed by atoms with Crippen LogP contribution in [0.4, 0.5) is 23.2 Å². The van der Waals surface area contributed by atoms with Crippen molar-refractivity contribution in [2.45, 2.75) is 18.0 Å². The molecule has 124 valence electrons. The van der Waals surface area contributed by atoms with E-state index in [-0.39, 0.29) is 10.2 Å². The quantitative estimate of drug-likeness (QED) is 0.742. The Morgan fingerprint density at radius 2 is 1.70 bits per heavy atom. The van der Waals surface area contributed by atoms with Gasteiger partial charge in [-0.3, -0.25) is 4.72 Å². The third-order valence-corrected chi connectivity index (χ3v) is 4.62.